The van der Waals surface area contributed by atoms with E-state index in [4.69, 9.17) is 0 Å². The standard InChI is InChI=1S/C16H21FN2O/c17-15-7-2-1-6-14(15)16(20)19(13-8-9-13)11-12-5-3-4-10-18-12/h1-2,6-7,12-13,18H,3-5,8-11H2. The summed E-state index contributed by atoms with van der Waals surface area (Å²) in [6.07, 6.45) is 5.62. The Balaban J connectivity index is 1.73. The van der Waals surface area contributed by atoms with Crippen LogP contribution in [0.2, 0.25) is 0 Å². The minimum absolute atomic E-state index is 0.155. The number of nitrogens with zero attached hydrogens (tertiary/aromatic N) is 1. The molecule has 1 N–H and O–H groups in total. The van der Waals surface area contributed by atoms with Crippen LogP contribution < -0.4 is 5.32 Å². The van der Waals surface area contributed by atoms with Gasteiger partial charge in [-0.2, -0.15) is 0 Å². The largest absolute Gasteiger partial charge is 0.334 e. The van der Waals surface area contributed by atoms with Gasteiger partial charge in [-0.05, 0) is 44.4 Å². The van der Waals surface area contributed by atoms with Crippen molar-refractivity contribution in [2.75, 3.05) is 13.1 Å². The average molecular weight is 276 g/mol. The van der Waals surface area contributed by atoms with Crippen molar-refractivity contribution in [2.45, 2.75) is 44.2 Å². The molecular weight excluding hydrogens is 255 g/mol. The monoisotopic (exact) mass is 276 g/mol. The fourth-order valence-electron chi connectivity index (χ4n) is 2.89. The van der Waals surface area contributed by atoms with E-state index in [0.717, 1.165) is 25.8 Å². The van der Waals surface area contributed by atoms with Crippen molar-refractivity contribution in [2.24, 2.45) is 0 Å². The molecule has 108 valence electrons. The zero-order valence-corrected chi connectivity index (χ0v) is 11.6. The van der Waals surface area contributed by atoms with Gasteiger partial charge in [-0.1, -0.05) is 18.6 Å². The number of benzene rings is 1. The summed E-state index contributed by atoms with van der Waals surface area (Å²) in [6.45, 7) is 1.73. The highest BCUT2D eigenvalue weighted by molar-refractivity contribution is 5.94. The van der Waals surface area contributed by atoms with Crippen LogP contribution in [0.4, 0.5) is 4.39 Å². The van der Waals surface area contributed by atoms with Crippen LogP contribution >= 0.6 is 0 Å². The number of nitrogens with one attached hydrogen (secondary N) is 1. The molecule has 1 amide bonds. The van der Waals surface area contributed by atoms with E-state index >= 15 is 0 Å². The summed E-state index contributed by atoms with van der Waals surface area (Å²) in [4.78, 5) is 14.5. The third-order valence-electron chi connectivity index (χ3n) is 4.18. The summed E-state index contributed by atoms with van der Waals surface area (Å²) < 4.78 is 13.8. The first kappa shape index (κ1) is 13.6. The Morgan fingerprint density at radius 2 is 2.05 bits per heavy atom. The zero-order chi connectivity index (χ0) is 13.9. The van der Waals surface area contributed by atoms with Crippen LogP contribution in [0.3, 0.4) is 0 Å². The SMILES string of the molecule is O=C(c1ccccc1F)N(CC1CCCCN1)C1CC1. The van der Waals surface area contributed by atoms with Gasteiger partial charge in [-0.15, -0.1) is 0 Å². The average Bonchev–Trinajstić information content (AvgIpc) is 3.30. The Bertz CT molecular complexity index is 481. The number of rotatable bonds is 4. The molecule has 4 heteroatoms. The van der Waals surface area contributed by atoms with Crippen molar-refractivity contribution >= 4 is 5.91 Å². The van der Waals surface area contributed by atoms with Gasteiger partial charge in [0, 0.05) is 18.6 Å². The lowest BCUT2D eigenvalue weighted by molar-refractivity contribution is 0.0713. The van der Waals surface area contributed by atoms with E-state index in [1.807, 2.05) is 4.90 Å². The molecule has 20 heavy (non-hydrogen) atoms. The van der Waals surface area contributed by atoms with Crippen LogP contribution in [0.25, 0.3) is 0 Å². The van der Waals surface area contributed by atoms with E-state index in [1.54, 1.807) is 18.2 Å². The third kappa shape index (κ3) is 3.01. The molecule has 3 rings (SSSR count). The normalized spacial score (nSPS) is 22.6. The van der Waals surface area contributed by atoms with Crippen LogP contribution in [0.15, 0.2) is 24.3 Å². The molecule has 1 aliphatic carbocycles. The Kier molecular flexibility index (Phi) is 4.01. The van der Waals surface area contributed by atoms with Crippen molar-refractivity contribution in [3.05, 3.63) is 35.6 Å². The summed E-state index contributed by atoms with van der Waals surface area (Å²) in [7, 11) is 0. The predicted molar refractivity (Wildman–Crippen MR) is 76.1 cm³/mol. The molecule has 0 spiro atoms. The highest BCUT2D eigenvalue weighted by Crippen LogP contribution is 2.29. The molecule has 3 nitrogen and oxygen atoms in total. The van der Waals surface area contributed by atoms with Crippen molar-refractivity contribution < 1.29 is 9.18 Å². The van der Waals surface area contributed by atoms with Crippen LogP contribution in [-0.2, 0) is 0 Å². The molecule has 1 aromatic rings. The maximum absolute atomic E-state index is 13.8. The van der Waals surface area contributed by atoms with Crippen molar-refractivity contribution in [1.29, 1.82) is 0 Å². The number of hydrogen-bond acceptors (Lipinski definition) is 2. The van der Waals surface area contributed by atoms with Crippen LogP contribution in [0, 0.1) is 5.82 Å². The van der Waals surface area contributed by atoms with Crippen LogP contribution in [-0.4, -0.2) is 36.0 Å². The topological polar surface area (TPSA) is 32.3 Å². The molecule has 1 atom stereocenters. The maximum atomic E-state index is 13.8. The maximum Gasteiger partial charge on any atom is 0.257 e. The van der Waals surface area contributed by atoms with E-state index < -0.39 is 5.82 Å². The van der Waals surface area contributed by atoms with Crippen LogP contribution in [0.5, 0.6) is 0 Å². The molecule has 2 fully saturated rings. The number of halogens is 1. The summed E-state index contributed by atoms with van der Waals surface area (Å²) in [6, 6.07) is 6.96. The Morgan fingerprint density at radius 1 is 1.25 bits per heavy atom. The smallest absolute Gasteiger partial charge is 0.257 e. The lowest BCUT2D eigenvalue weighted by Gasteiger charge is -2.31. The molecular formula is C16H21FN2O. The van der Waals surface area contributed by atoms with Gasteiger partial charge in [0.15, 0.2) is 0 Å². The second kappa shape index (κ2) is 5.92. The van der Waals surface area contributed by atoms with Gasteiger partial charge in [-0.25, -0.2) is 4.39 Å². The molecule has 1 saturated heterocycles. The molecule has 0 radical (unpaired) electrons. The van der Waals surface area contributed by atoms with Gasteiger partial charge < -0.3 is 10.2 Å². The first-order valence-electron chi connectivity index (χ1n) is 7.54. The van der Waals surface area contributed by atoms with E-state index in [9.17, 15) is 9.18 Å². The molecule has 1 unspecified atom stereocenters. The number of carbonyl (C=O) groups excluding carboxylic acids is 1. The third-order valence-corrected chi connectivity index (χ3v) is 4.18. The lowest BCUT2D eigenvalue weighted by atomic mass is 10.0. The summed E-state index contributed by atoms with van der Waals surface area (Å²) in [5.74, 6) is -0.572. The van der Waals surface area contributed by atoms with E-state index in [0.29, 0.717) is 18.6 Å². The first-order valence-corrected chi connectivity index (χ1v) is 7.54. The second-order valence-corrected chi connectivity index (χ2v) is 5.82. The quantitative estimate of drug-likeness (QED) is 0.916. The second-order valence-electron chi connectivity index (χ2n) is 5.82. The van der Waals surface area contributed by atoms with Gasteiger partial charge in [0.1, 0.15) is 5.82 Å². The molecule has 0 bridgehead atoms. The molecule has 1 aliphatic heterocycles. The highest BCUT2D eigenvalue weighted by Gasteiger charge is 2.35. The summed E-state index contributed by atoms with van der Waals surface area (Å²) in [5.41, 5.74) is 0.204. The first-order chi connectivity index (χ1) is 9.75. The molecule has 1 heterocycles. The molecule has 0 aromatic heterocycles. The van der Waals surface area contributed by atoms with E-state index in [2.05, 4.69) is 5.32 Å². The van der Waals surface area contributed by atoms with Gasteiger partial charge in [0.2, 0.25) is 0 Å². The zero-order valence-electron chi connectivity index (χ0n) is 11.6. The van der Waals surface area contributed by atoms with Crippen LogP contribution in [0.1, 0.15) is 42.5 Å². The fraction of sp³-hybridized carbons (Fsp3) is 0.562. The van der Waals surface area contributed by atoms with Crippen molar-refractivity contribution in [3.63, 3.8) is 0 Å². The minimum atomic E-state index is -0.417. The summed E-state index contributed by atoms with van der Waals surface area (Å²) >= 11 is 0. The van der Waals surface area contributed by atoms with Gasteiger partial charge in [0.25, 0.3) is 5.91 Å². The van der Waals surface area contributed by atoms with E-state index in [1.165, 1.54) is 18.9 Å². The molecule has 2 aliphatic rings. The van der Waals surface area contributed by atoms with Gasteiger partial charge in [0.05, 0.1) is 5.56 Å². The highest BCUT2D eigenvalue weighted by atomic mass is 19.1. The number of piperidine rings is 1. The number of hydrogen-bond donors (Lipinski definition) is 1. The van der Waals surface area contributed by atoms with E-state index in [-0.39, 0.29) is 11.5 Å². The minimum Gasteiger partial charge on any atom is -0.334 e. The Hall–Kier alpha value is -1.42. The lowest BCUT2D eigenvalue weighted by Crippen LogP contribution is -2.46. The van der Waals surface area contributed by atoms with Crippen molar-refractivity contribution in [3.8, 4) is 0 Å². The van der Waals surface area contributed by atoms with Gasteiger partial charge >= 0.3 is 0 Å². The Labute approximate surface area is 119 Å². The summed E-state index contributed by atoms with van der Waals surface area (Å²) in [5, 5.41) is 3.47. The predicted octanol–water partition coefficient (Wildman–Crippen LogP) is 2.57. The Morgan fingerprint density at radius 3 is 2.70 bits per heavy atom. The fourth-order valence-corrected chi connectivity index (χ4v) is 2.89. The van der Waals surface area contributed by atoms with Crippen molar-refractivity contribution in [1.82, 2.24) is 10.2 Å². The molecule has 1 saturated carbocycles. The van der Waals surface area contributed by atoms with Gasteiger partial charge in [-0.3, -0.25) is 4.79 Å². The molecule has 1 aromatic carbocycles. The number of amides is 1. The number of carbonyl (C=O) groups is 1.